The van der Waals surface area contributed by atoms with Crippen molar-refractivity contribution in [1.82, 2.24) is 0 Å². The van der Waals surface area contributed by atoms with Gasteiger partial charge in [-0.15, -0.1) is 0 Å². The minimum Gasteiger partial charge on any atom is -0.382 e. The fraction of sp³-hybridized carbons (Fsp3) is 0.552. The van der Waals surface area contributed by atoms with Gasteiger partial charge in [0.15, 0.2) is 5.78 Å². The molecule has 1 aromatic carbocycles. The maximum absolute atomic E-state index is 12.2. The van der Waals surface area contributed by atoms with Gasteiger partial charge in [-0.25, -0.2) is 0 Å². The van der Waals surface area contributed by atoms with Crippen LogP contribution in [-0.4, -0.2) is 32.2 Å². The summed E-state index contributed by atoms with van der Waals surface area (Å²) in [5.74, 6) is 1.82. The third-order valence-corrected chi connectivity index (χ3v) is 9.37. The average molecular weight is 433 g/mol. The second-order valence-corrected chi connectivity index (χ2v) is 10.5. The van der Waals surface area contributed by atoms with Crippen molar-refractivity contribution in [1.29, 1.82) is 0 Å². The summed E-state index contributed by atoms with van der Waals surface area (Å²) in [4.78, 5) is 12.2. The molecule has 0 aromatic heterocycles. The zero-order chi connectivity index (χ0) is 22.5. The van der Waals surface area contributed by atoms with Crippen LogP contribution in [0.25, 0.3) is 6.08 Å². The van der Waals surface area contributed by atoms with Gasteiger partial charge in [0.25, 0.3) is 0 Å². The minimum atomic E-state index is -0.236. The highest BCUT2D eigenvalue weighted by atomic mass is 16.5. The maximum atomic E-state index is 12.2. The van der Waals surface area contributed by atoms with Gasteiger partial charge in [0.1, 0.15) is 0 Å². The van der Waals surface area contributed by atoms with E-state index >= 15 is 0 Å². The van der Waals surface area contributed by atoms with Gasteiger partial charge in [-0.3, -0.25) is 4.79 Å². The molecule has 2 fully saturated rings. The normalized spacial score (nSPS) is 36.3. The minimum absolute atomic E-state index is 0.0555. The number of hydrogen-bond donors (Lipinski definition) is 0. The molecule has 4 aliphatic rings. The van der Waals surface area contributed by atoms with Crippen LogP contribution < -0.4 is 0 Å². The van der Waals surface area contributed by atoms with E-state index in [9.17, 15) is 4.79 Å². The molecule has 5 atom stereocenters. The molecule has 4 aliphatic carbocycles. The molecule has 0 N–H and O–H groups in total. The number of carbonyl (C=O) groups is 1. The van der Waals surface area contributed by atoms with Gasteiger partial charge in [-0.05, 0) is 78.7 Å². The largest absolute Gasteiger partial charge is 0.382 e. The summed E-state index contributed by atoms with van der Waals surface area (Å²) in [7, 11) is 3.68. The summed E-state index contributed by atoms with van der Waals surface area (Å²) < 4.78 is 12.1. The van der Waals surface area contributed by atoms with Crippen molar-refractivity contribution >= 4 is 11.9 Å². The molecule has 3 nitrogen and oxygen atoms in total. The SMILES string of the molecule is C=Cc1ccc([C@H]2C[C@@]3(C)[C@@H](CC[C@]3(COC)OC)[C@@H]3CCC4=CC(=O)CCC4=C32)cc1. The van der Waals surface area contributed by atoms with E-state index in [1.807, 2.05) is 19.3 Å². The number of benzene rings is 1. The van der Waals surface area contributed by atoms with Crippen molar-refractivity contribution in [3.8, 4) is 0 Å². The predicted molar refractivity (Wildman–Crippen MR) is 128 cm³/mol. The fourth-order valence-corrected chi connectivity index (χ4v) is 7.77. The Kier molecular flexibility index (Phi) is 5.54. The summed E-state index contributed by atoms with van der Waals surface area (Å²) in [5, 5.41) is 0. The first-order valence-electron chi connectivity index (χ1n) is 12.2. The van der Waals surface area contributed by atoms with E-state index in [0.29, 0.717) is 36.6 Å². The zero-order valence-corrected chi connectivity index (χ0v) is 19.8. The molecular weight excluding hydrogens is 396 g/mol. The Balaban J connectivity index is 1.67. The smallest absolute Gasteiger partial charge is 0.156 e. The van der Waals surface area contributed by atoms with Gasteiger partial charge in [0.2, 0.25) is 0 Å². The van der Waals surface area contributed by atoms with Gasteiger partial charge in [-0.2, -0.15) is 0 Å². The van der Waals surface area contributed by atoms with Gasteiger partial charge in [0.05, 0.1) is 12.2 Å². The fourth-order valence-electron chi connectivity index (χ4n) is 7.77. The van der Waals surface area contributed by atoms with Gasteiger partial charge >= 0.3 is 0 Å². The Morgan fingerprint density at radius 1 is 1.12 bits per heavy atom. The average Bonchev–Trinajstić information content (AvgIpc) is 3.10. The number of ether oxygens (including phenoxy) is 2. The summed E-state index contributed by atoms with van der Waals surface area (Å²) in [6.45, 7) is 7.04. The Morgan fingerprint density at radius 3 is 2.59 bits per heavy atom. The summed E-state index contributed by atoms with van der Waals surface area (Å²) in [6, 6.07) is 8.96. The molecule has 1 aromatic rings. The van der Waals surface area contributed by atoms with E-state index in [0.717, 1.165) is 37.7 Å². The van der Waals surface area contributed by atoms with Crippen molar-refractivity contribution in [2.24, 2.45) is 17.3 Å². The number of rotatable bonds is 5. The topological polar surface area (TPSA) is 35.5 Å². The van der Waals surface area contributed by atoms with Crippen LogP contribution in [0.4, 0.5) is 0 Å². The molecule has 0 aliphatic heterocycles. The van der Waals surface area contributed by atoms with Crippen molar-refractivity contribution in [2.75, 3.05) is 20.8 Å². The van der Waals surface area contributed by atoms with Crippen molar-refractivity contribution < 1.29 is 14.3 Å². The van der Waals surface area contributed by atoms with E-state index in [1.54, 1.807) is 12.7 Å². The van der Waals surface area contributed by atoms with Crippen molar-refractivity contribution in [3.63, 3.8) is 0 Å². The number of hydrogen-bond acceptors (Lipinski definition) is 3. The lowest BCUT2D eigenvalue weighted by atomic mass is 9.51. The Bertz CT molecular complexity index is 984. The second-order valence-electron chi connectivity index (χ2n) is 10.5. The number of methoxy groups -OCH3 is 2. The second kappa shape index (κ2) is 8.11. The summed E-state index contributed by atoms with van der Waals surface area (Å²) in [5.41, 5.74) is 6.81. The first-order valence-corrected chi connectivity index (χ1v) is 12.2. The lowest BCUT2D eigenvalue weighted by molar-refractivity contribution is -0.149. The molecule has 0 bridgehead atoms. The number of fused-ring (bicyclic) bond motifs is 4. The molecule has 32 heavy (non-hydrogen) atoms. The van der Waals surface area contributed by atoms with Crippen LogP contribution >= 0.6 is 0 Å². The monoisotopic (exact) mass is 432 g/mol. The van der Waals surface area contributed by atoms with E-state index in [4.69, 9.17) is 9.47 Å². The highest BCUT2D eigenvalue weighted by Gasteiger charge is 2.63. The van der Waals surface area contributed by atoms with Crippen molar-refractivity contribution in [3.05, 3.63) is 64.8 Å². The molecule has 2 saturated carbocycles. The first kappa shape index (κ1) is 21.9. The third-order valence-electron chi connectivity index (χ3n) is 9.37. The predicted octanol–water partition coefficient (Wildman–Crippen LogP) is 6.26. The molecule has 0 saturated heterocycles. The van der Waals surface area contributed by atoms with Gasteiger partial charge < -0.3 is 9.47 Å². The molecule has 0 amide bonds. The lowest BCUT2D eigenvalue weighted by Crippen LogP contribution is -2.54. The number of ketones is 1. The number of allylic oxidation sites excluding steroid dienone is 4. The molecule has 170 valence electrons. The van der Waals surface area contributed by atoms with E-state index in [2.05, 4.69) is 37.8 Å². The zero-order valence-electron chi connectivity index (χ0n) is 19.8. The highest BCUT2D eigenvalue weighted by molar-refractivity contribution is 5.93. The third kappa shape index (κ3) is 3.12. The van der Waals surface area contributed by atoms with E-state index in [-0.39, 0.29) is 11.0 Å². The van der Waals surface area contributed by atoms with E-state index < -0.39 is 0 Å². The quantitative estimate of drug-likeness (QED) is 0.551. The molecule has 0 unspecified atom stereocenters. The molecule has 0 heterocycles. The van der Waals surface area contributed by atoms with Crippen LogP contribution in [0.2, 0.25) is 0 Å². The number of carbonyl (C=O) groups excluding carboxylic acids is 1. The Labute approximate surface area is 192 Å². The van der Waals surface area contributed by atoms with Crippen LogP contribution in [0.3, 0.4) is 0 Å². The van der Waals surface area contributed by atoms with Gasteiger partial charge in [-0.1, -0.05) is 49.4 Å². The van der Waals surface area contributed by atoms with Crippen molar-refractivity contribution in [2.45, 2.75) is 63.4 Å². The van der Waals surface area contributed by atoms with Crippen LogP contribution in [0, 0.1) is 17.3 Å². The summed E-state index contributed by atoms with van der Waals surface area (Å²) in [6.07, 6.45) is 10.9. The molecule has 0 radical (unpaired) electrons. The van der Waals surface area contributed by atoms with Crippen LogP contribution in [-0.2, 0) is 14.3 Å². The maximum Gasteiger partial charge on any atom is 0.156 e. The van der Waals surface area contributed by atoms with Crippen LogP contribution in [0.5, 0.6) is 0 Å². The molecule has 3 heteroatoms. The standard InChI is InChI=1S/C29H36O3/c1-5-19-6-8-20(9-7-19)25-17-28(2)26(14-15-29(28,32-4)18-31-3)24-12-10-21-16-22(30)11-13-23(21)27(24)25/h5-9,16,24-26H,1,10-15,17-18H2,2-4H3/t24-,25+,26-,28-,29+/m0/s1. The van der Waals surface area contributed by atoms with E-state index in [1.165, 1.54) is 23.1 Å². The van der Waals surface area contributed by atoms with Crippen LogP contribution in [0.1, 0.15) is 68.9 Å². The Hall–Kier alpha value is -1.97. The van der Waals surface area contributed by atoms with Gasteiger partial charge in [0, 0.05) is 32.0 Å². The lowest BCUT2D eigenvalue weighted by Gasteiger charge is -2.55. The van der Waals surface area contributed by atoms with Crippen LogP contribution in [0.15, 0.2) is 53.6 Å². The Morgan fingerprint density at radius 2 is 1.91 bits per heavy atom. The summed E-state index contributed by atoms with van der Waals surface area (Å²) >= 11 is 0. The molecule has 0 spiro atoms. The molecule has 5 rings (SSSR count). The first-order chi connectivity index (χ1) is 15.5. The molecular formula is C29H36O3. The highest BCUT2D eigenvalue weighted by Crippen LogP contribution is 2.67.